The van der Waals surface area contributed by atoms with Crippen LogP contribution < -0.4 is 10.1 Å². The zero-order chi connectivity index (χ0) is 24.9. The van der Waals surface area contributed by atoms with E-state index in [1.54, 1.807) is 12.1 Å². The number of aliphatic hydroxyl groups is 1. The molecule has 1 saturated heterocycles. The van der Waals surface area contributed by atoms with Crippen molar-refractivity contribution in [2.45, 2.75) is 72.3 Å². The molecule has 2 aliphatic rings. The van der Waals surface area contributed by atoms with Crippen molar-refractivity contribution >= 4 is 11.5 Å². The quantitative estimate of drug-likeness (QED) is 0.555. The third-order valence-corrected chi connectivity index (χ3v) is 7.29. The number of halogens is 1. The summed E-state index contributed by atoms with van der Waals surface area (Å²) in [6.07, 6.45) is 6.35. The standard InChI is InChI=1S/C28H43FN2O3/c1-27(2,3)31-14-12-20(13-15-31)17-34-25-11-10-23(16-24(25)29)21-6-8-22(9-7-21)26(33)30-18-28(4,5)19-32/h6,10-11,16,20,22,32H,7-9,12-15,17-19H2,1-5H3,(H,30,33). The average Bonchev–Trinajstić information content (AvgIpc) is 2.81. The predicted octanol–water partition coefficient (Wildman–Crippen LogP) is 5.03. The van der Waals surface area contributed by atoms with E-state index < -0.39 is 0 Å². The largest absolute Gasteiger partial charge is 0.490 e. The topological polar surface area (TPSA) is 61.8 Å². The molecule has 0 spiro atoms. The lowest BCUT2D eigenvalue weighted by atomic mass is 9.85. The average molecular weight is 475 g/mol. The first kappa shape index (κ1) is 26.7. The van der Waals surface area contributed by atoms with Gasteiger partial charge in [0.05, 0.1) is 6.61 Å². The van der Waals surface area contributed by atoms with Gasteiger partial charge in [-0.05, 0) is 95.2 Å². The Bertz CT molecular complexity index is 867. The second-order valence-electron chi connectivity index (χ2n) is 11.8. The van der Waals surface area contributed by atoms with E-state index in [9.17, 15) is 14.3 Å². The number of rotatable bonds is 8. The highest BCUT2D eigenvalue weighted by Gasteiger charge is 2.28. The summed E-state index contributed by atoms with van der Waals surface area (Å²) < 4.78 is 20.7. The molecule has 1 aliphatic carbocycles. The minimum Gasteiger partial charge on any atom is -0.490 e. The lowest BCUT2D eigenvalue weighted by molar-refractivity contribution is -0.125. The first-order chi connectivity index (χ1) is 16.0. The normalized spacial score (nSPS) is 20.7. The van der Waals surface area contributed by atoms with Gasteiger partial charge in [0.15, 0.2) is 11.6 Å². The minimum atomic E-state index is -0.323. The fraction of sp³-hybridized carbons (Fsp3) is 0.679. The number of aliphatic hydroxyl groups excluding tert-OH is 1. The van der Waals surface area contributed by atoms with Crippen LogP contribution in [0.4, 0.5) is 4.39 Å². The summed E-state index contributed by atoms with van der Waals surface area (Å²) in [6, 6.07) is 5.23. The van der Waals surface area contributed by atoms with E-state index in [-0.39, 0.29) is 35.2 Å². The smallest absolute Gasteiger partial charge is 0.223 e. The number of benzene rings is 1. The third kappa shape index (κ3) is 7.29. The van der Waals surface area contributed by atoms with Gasteiger partial charge in [0.25, 0.3) is 0 Å². The van der Waals surface area contributed by atoms with Gasteiger partial charge in [-0.3, -0.25) is 9.69 Å². The molecule has 0 saturated carbocycles. The molecule has 1 fully saturated rings. The van der Waals surface area contributed by atoms with Gasteiger partial charge in [-0.2, -0.15) is 0 Å². The van der Waals surface area contributed by atoms with Crippen LogP contribution in [0.2, 0.25) is 0 Å². The number of nitrogens with zero attached hydrogens (tertiary/aromatic N) is 1. The molecule has 1 amide bonds. The Morgan fingerprint density at radius 3 is 2.44 bits per heavy atom. The predicted molar refractivity (Wildman–Crippen MR) is 135 cm³/mol. The van der Waals surface area contributed by atoms with Crippen molar-refractivity contribution in [1.29, 1.82) is 0 Å². The molecule has 190 valence electrons. The summed E-state index contributed by atoms with van der Waals surface area (Å²) in [5, 5.41) is 12.3. The Balaban J connectivity index is 1.49. The maximum Gasteiger partial charge on any atom is 0.223 e. The van der Waals surface area contributed by atoms with Gasteiger partial charge in [-0.15, -0.1) is 0 Å². The van der Waals surface area contributed by atoms with Gasteiger partial charge in [0.1, 0.15) is 0 Å². The number of nitrogens with one attached hydrogen (secondary N) is 1. The lowest BCUT2D eigenvalue weighted by Crippen LogP contribution is -2.46. The monoisotopic (exact) mass is 474 g/mol. The van der Waals surface area contributed by atoms with Gasteiger partial charge in [0, 0.05) is 30.0 Å². The van der Waals surface area contributed by atoms with Crippen LogP contribution in [-0.4, -0.2) is 54.3 Å². The van der Waals surface area contributed by atoms with Crippen LogP contribution in [0.1, 0.15) is 72.3 Å². The molecule has 1 aromatic rings. The van der Waals surface area contributed by atoms with Gasteiger partial charge < -0.3 is 15.2 Å². The molecule has 2 N–H and O–H groups in total. The van der Waals surface area contributed by atoms with Crippen molar-refractivity contribution in [2.24, 2.45) is 17.3 Å². The van der Waals surface area contributed by atoms with E-state index >= 15 is 0 Å². The van der Waals surface area contributed by atoms with Crippen molar-refractivity contribution in [2.75, 3.05) is 32.8 Å². The molecule has 6 heteroatoms. The highest BCUT2D eigenvalue weighted by atomic mass is 19.1. The molecule has 0 bridgehead atoms. The fourth-order valence-corrected chi connectivity index (χ4v) is 4.66. The highest BCUT2D eigenvalue weighted by Crippen LogP contribution is 2.33. The summed E-state index contributed by atoms with van der Waals surface area (Å²) in [5.41, 5.74) is 1.82. The fourth-order valence-electron chi connectivity index (χ4n) is 4.66. The van der Waals surface area contributed by atoms with E-state index in [4.69, 9.17) is 4.74 Å². The Morgan fingerprint density at radius 1 is 1.18 bits per heavy atom. The highest BCUT2D eigenvalue weighted by molar-refractivity contribution is 5.80. The summed E-state index contributed by atoms with van der Waals surface area (Å²) in [6.45, 7) is 13.7. The van der Waals surface area contributed by atoms with Crippen molar-refractivity contribution in [1.82, 2.24) is 10.2 Å². The van der Waals surface area contributed by atoms with Gasteiger partial charge >= 0.3 is 0 Å². The van der Waals surface area contributed by atoms with Gasteiger partial charge in [-0.25, -0.2) is 4.39 Å². The molecule has 1 aromatic carbocycles. The maximum atomic E-state index is 14.8. The van der Waals surface area contributed by atoms with Crippen LogP contribution in [0.25, 0.3) is 5.57 Å². The number of carbonyl (C=O) groups is 1. The zero-order valence-corrected chi connectivity index (χ0v) is 21.6. The first-order valence-electron chi connectivity index (χ1n) is 12.7. The van der Waals surface area contributed by atoms with Crippen molar-refractivity contribution in [3.8, 4) is 5.75 Å². The van der Waals surface area contributed by atoms with E-state index in [1.165, 1.54) is 0 Å². The second kappa shape index (κ2) is 11.2. The Morgan fingerprint density at radius 2 is 1.88 bits per heavy atom. The summed E-state index contributed by atoms with van der Waals surface area (Å²) >= 11 is 0. The summed E-state index contributed by atoms with van der Waals surface area (Å²) in [7, 11) is 0. The van der Waals surface area contributed by atoms with E-state index in [1.807, 2.05) is 19.9 Å². The second-order valence-corrected chi connectivity index (χ2v) is 11.8. The Hall–Kier alpha value is -1.92. The molecular weight excluding hydrogens is 431 g/mol. The first-order valence-corrected chi connectivity index (χ1v) is 12.7. The SMILES string of the molecule is CC(C)(CO)CNC(=O)C1CC=C(c2ccc(OCC3CCN(C(C)(C)C)CC3)c(F)c2)CC1. The number of hydrogen-bond donors (Lipinski definition) is 2. The number of carbonyl (C=O) groups excluding carboxylic acids is 1. The zero-order valence-electron chi connectivity index (χ0n) is 21.6. The van der Waals surface area contributed by atoms with E-state index in [0.717, 1.165) is 49.9 Å². The Kier molecular flexibility index (Phi) is 8.80. The van der Waals surface area contributed by atoms with Crippen LogP contribution in [-0.2, 0) is 4.79 Å². The third-order valence-electron chi connectivity index (χ3n) is 7.29. The van der Waals surface area contributed by atoms with Crippen molar-refractivity contribution in [3.63, 3.8) is 0 Å². The lowest BCUT2D eigenvalue weighted by Gasteiger charge is -2.40. The van der Waals surface area contributed by atoms with Crippen LogP contribution in [0.5, 0.6) is 5.75 Å². The van der Waals surface area contributed by atoms with Gasteiger partial charge in [0.2, 0.25) is 5.91 Å². The number of piperidine rings is 1. The molecule has 34 heavy (non-hydrogen) atoms. The maximum absolute atomic E-state index is 14.8. The number of amides is 1. The minimum absolute atomic E-state index is 0.0279. The van der Waals surface area contributed by atoms with Crippen LogP contribution in [0.15, 0.2) is 24.3 Å². The van der Waals surface area contributed by atoms with E-state index in [0.29, 0.717) is 31.2 Å². The number of hydrogen-bond acceptors (Lipinski definition) is 4. The molecule has 0 aromatic heterocycles. The van der Waals surface area contributed by atoms with Crippen molar-refractivity contribution < 1.29 is 19.0 Å². The molecular formula is C28H43FN2O3. The van der Waals surface area contributed by atoms with Crippen LogP contribution in [0.3, 0.4) is 0 Å². The van der Waals surface area contributed by atoms with Crippen LogP contribution in [0, 0.1) is 23.1 Å². The molecule has 1 atom stereocenters. The molecule has 3 rings (SSSR count). The Labute approximate surface area is 204 Å². The summed E-state index contributed by atoms with van der Waals surface area (Å²) in [4.78, 5) is 15.0. The number of ether oxygens (including phenoxy) is 1. The van der Waals surface area contributed by atoms with E-state index in [2.05, 4.69) is 37.1 Å². The summed E-state index contributed by atoms with van der Waals surface area (Å²) in [5.74, 6) is 0.416. The molecule has 1 aliphatic heterocycles. The molecule has 5 nitrogen and oxygen atoms in total. The van der Waals surface area contributed by atoms with Gasteiger partial charge in [-0.1, -0.05) is 26.0 Å². The molecule has 1 heterocycles. The number of allylic oxidation sites excluding steroid dienone is 2. The van der Waals surface area contributed by atoms with Crippen LogP contribution >= 0.6 is 0 Å². The number of likely N-dealkylation sites (tertiary alicyclic amines) is 1. The molecule has 1 unspecified atom stereocenters. The van der Waals surface area contributed by atoms with Crippen molar-refractivity contribution in [3.05, 3.63) is 35.7 Å². The molecule has 0 radical (unpaired) electrons.